The molecule has 0 saturated carbocycles. The van der Waals surface area contributed by atoms with E-state index in [9.17, 15) is 0 Å². The van der Waals surface area contributed by atoms with Crippen molar-refractivity contribution in [3.63, 3.8) is 0 Å². The Hall–Kier alpha value is -0.450. The van der Waals surface area contributed by atoms with E-state index >= 15 is 0 Å². The topological polar surface area (TPSA) is 45.1 Å². The predicted molar refractivity (Wildman–Crippen MR) is 40.4 cm³/mol. The van der Waals surface area contributed by atoms with E-state index in [0.29, 0.717) is 0 Å². The first-order chi connectivity index (χ1) is 5.25. The van der Waals surface area contributed by atoms with Gasteiger partial charge in [-0.25, -0.2) is 4.99 Å². The minimum absolute atomic E-state index is 0.0451. The number of aliphatic imine (C=N–C) groups is 1. The first-order valence-corrected chi connectivity index (χ1v) is 3.84. The van der Waals surface area contributed by atoms with Crippen molar-refractivity contribution in [2.45, 2.75) is 18.9 Å². The van der Waals surface area contributed by atoms with Crippen LogP contribution in [0.15, 0.2) is 4.99 Å². The number of ether oxygens (including phenoxy) is 1. The predicted octanol–water partition coefficient (Wildman–Crippen LogP) is -0.562. The number of likely N-dealkylation sites (tertiary alicyclic amines) is 1. The van der Waals surface area contributed by atoms with Gasteiger partial charge in [-0.1, -0.05) is 0 Å². The van der Waals surface area contributed by atoms with Crippen molar-refractivity contribution in [1.82, 2.24) is 4.90 Å². The minimum Gasteiger partial charge on any atom is -0.350 e. The van der Waals surface area contributed by atoms with Crippen molar-refractivity contribution in [3.8, 4) is 0 Å². The third kappa shape index (κ3) is 1.29. The summed E-state index contributed by atoms with van der Waals surface area (Å²) in [4.78, 5) is 6.15. The molecule has 1 N–H and O–H groups in total. The summed E-state index contributed by atoms with van der Waals surface area (Å²) in [6.45, 7) is 1.88. The second kappa shape index (κ2) is 2.55. The number of rotatable bonds is 0. The minimum atomic E-state index is -0.901. The van der Waals surface area contributed by atoms with Crippen LogP contribution in [-0.2, 0) is 4.74 Å². The molecule has 0 spiro atoms. The standard InChI is InChI=1S/C7H12N2O2/c1-9-3-2-5-6(4-9)11-7(10)8-5/h6-7,10H,2-4H2,1H3. The molecule has 11 heavy (non-hydrogen) atoms. The van der Waals surface area contributed by atoms with Gasteiger partial charge in [0.1, 0.15) is 6.10 Å². The average Bonchev–Trinajstić information content (AvgIpc) is 2.27. The highest BCUT2D eigenvalue weighted by molar-refractivity contribution is 5.90. The second-order valence-corrected chi connectivity index (χ2v) is 3.08. The monoisotopic (exact) mass is 156 g/mol. The Morgan fingerprint density at radius 3 is 3.36 bits per heavy atom. The molecule has 2 aliphatic heterocycles. The zero-order valence-electron chi connectivity index (χ0n) is 6.53. The van der Waals surface area contributed by atoms with Gasteiger partial charge in [0.15, 0.2) is 0 Å². The number of hydrogen-bond acceptors (Lipinski definition) is 4. The molecule has 0 aromatic heterocycles. The van der Waals surface area contributed by atoms with Crippen LogP contribution in [-0.4, -0.2) is 48.4 Å². The van der Waals surface area contributed by atoms with E-state index in [-0.39, 0.29) is 6.10 Å². The molecule has 0 amide bonds. The van der Waals surface area contributed by atoms with Crippen LogP contribution in [0.4, 0.5) is 0 Å². The lowest BCUT2D eigenvalue weighted by atomic mass is 10.1. The van der Waals surface area contributed by atoms with Crippen LogP contribution < -0.4 is 0 Å². The number of piperidine rings is 1. The van der Waals surface area contributed by atoms with Crippen molar-refractivity contribution in [2.75, 3.05) is 20.1 Å². The molecule has 2 aliphatic rings. The van der Waals surface area contributed by atoms with E-state index in [2.05, 4.69) is 9.89 Å². The zero-order chi connectivity index (χ0) is 7.84. The lowest BCUT2D eigenvalue weighted by Crippen LogP contribution is -2.41. The van der Waals surface area contributed by atoms with Gasteiger partial charge >= 0.3 is 0 Å². The van der Waals surface area contributed by atoms with Crippen molar-refractivity contribution >= 4 is 5.71 Å². The van der Waals surface area contributed by atoms with Gasteiger partial charge in [-0.2, -0.15) is 0 Å². The van der Waals surface area contributed by atoms with Gasteiger partial charge in [0.2, 0.25) is 0 Å². The fourth-order valence-corrected chi connectivity index (χ4v) is 1.53. The molecule has 1 saturated heterocycles. The summed E-state index contributed by atoms with van der Waals surface area (Å²) in [5.74, 6) is 0. The maximum Gasteiger partial charge on any atom is 0.256 e. The third-order valence-electron chi connectivity index (χ3n) is 2.16. The van der Waals surface area contributed by atoms with Crippen LogP contribution >= 0.6 is 0 Å². The van der Waals surface area contributed by atoms with Crippen molar-refractivity contribution in [3.05, 3.63) is 0 Å². The fourth-order valence-electron chi connectivity index (χ4n) is 1.53. The van der Waals surface area contributed by atoms with Crippen molar-refractivity contribution in [1.29, 1.82) is 0 Å². The molecule has 2 atom stereocenters. The van der Waals surface area contributed by atoms with Gasteiger partial charge in [0, 0.05) is 25.2 Å². The Labute approximate surface area is 65.5 Å². The summed E-state index contributed by atoms with van der Waals surface area (Å²) < 4.78 is 5.15. The van der Waals surface area contributed by atoms with Gasteiger partial charge < -0.3 is 14.7 Å². The largest absolute Gasteiger partial charge is 0.350 e. The molecule has 4 nitrogen and oxygen atoms in total. The maximum atomic E-state index is 9.02. The molecule has 0 radical (unpaired) electrons. The molecule has 0 aromatic rings. The highest BCUT2D eigenvalue weighted by Gasteiger charge is 2.31. The molecule has 62 valence electrons. The van der Waals surface area contributed by atoms with Gasteiger partial charge in [-0.05, 0) is 7.05 Å². The Balaban J connectivity index is 2.07. The molecule has 0 aliphatic carbocycles. The maximum absolute atomic E-state index is 9.02. The van der Waals surface area contributed by atoms with E-state index in [1.54, 1.807) is 0 Å². The van der Waals surface area contributed by atoms with Crippen LogP contribution in [0, 0.1) is 0 Å². The Morgan fingerprint density at radius 1 is 1.73 bits per heavy atom. The van der Waals surface area contributed by atoms with Gasteiger partial charge in [-0.3, -0.25) is 0 Å². The summed E-state index contributed by atoms with van der Waals surface area (Å²) in [7, 11) is 2.05. The number of aliphatic hydroxyl groups is 1. The van der Waals surface area contributed by atoms with Crippen molar-refractivity contribution in [2.24, 2.45) is 4.99 Å². The van der Waals surface area contributed by atoms with Gasteiger partial charge in [0.05, 0.1) is 0 Å². The van der Waals surface area contributed by atoms with Crippen LogP contribution in [0.3, 0.4) is 0 Å². The average molecular weight is 156 g/mol. The molecule has 2 heterocycles. The van der Waals surface area contributed by atoms with Gasteiger partial charge in [-0.15, -0.1) is 0 Å². The highest BCUT2D eigenvalue weighted by atomic mass is 16.6. The van der Waals surface area contributed by atoms with E-state index in [1.807, 2.05) is 7.05 Å². The summed E-state index contributed by atoms with van der Waals surface area (Å²) in [6.07, 6.45) is 0.0725. The third-order valence-corrected chi connectivity index (χ3v) is 2.16. The SMILES string of the molecule is CN1CCC2=NC(O)OC2C1. The lowest BCUT2D eigenvalue weighted by molar-refractivity contribution is -0.0984. The molecular formula is C7H12N2O2. The van der Waals surface area contributed by atoms with Gasteiger partial charge in [0.25, 0.3) is 6.41 Å². The Kier molecular flexibility index (Phi) is 1.67. The number of hydrogen-bond donors (Lipinski definition) is 1. The van der Waals surface area contributed by atoms with E-state index < -0.39 is 6.41 Å². The van der Waals surface area contributed by atoms with Crippen LogP contribution in [0.25, 0.3) is 0 Å². The quantitative estimate of drug-likeness (QED) is 0.511. The van der Waals surface area contributed by atoms with E-state index in [0.717, 1.165) is 25.2 Å². The number of likely N-dealkylation sites (N-methyl/N-ethyl adjacent to an activating group) is 1. The second-order valence-electron chi connectivity index (χ2n) is 3.08. The zero-order valence-corrected chi connectivity index (χ0v) is 6.53. The normalized spacial score (nSPS) is 38.5. The first kappa shape index (κ1) is 7.21. The van der Waals surface area contributed by atoms with E-state index in [4.69, 9.17) is 9.84 Å². The highest BCUT2D eigenvalue weighted by Crippen LogP contribution is 2.17. The number of fused-ring (bicyclic) bond motifs is 1. The molecule has 1 fully saturated rings. The molecule has 2 unspecified atom stereocenters. The molecule has 0 bridgehead atoms. The lowest BCUT2D eigenvalue weighted by Gasteiger charge is -2.26. The Morgan fingerprint density at radius 2 is 2.55 bits per heavy atom. The smallest absolute Gasteiger partial charge is 0.256 e. The number of aliphatic hydroxyl groups excluding tert-OH is 1. The molecular weight excluding hydrogens is 144 g/mol. The van der Waals surface area contributed by atoms with Crippen molar-refractivity contribution < 1.29 is 9.84 Å². The molecule has 2 rings (SSSR count). The van der Waals surface area contributed by atoms with Crippen LogP contribution in [0.2, 0.25) is 0 Å². The van der Waals surface area contributed by atoms with Crippen LogP contribution in [0.1, 0.15) is 6.42 Å². The first-order valence-electron chi connectivity index (χ1n) is 3.84. The number of nitrogens with zero attached hydrogens (tertiary/aromatic N) is 2. The summed E-state index contributed by atoms with van der Waals surface area (Å²) in [5, 5.41) is 9.02. The summed E-state index contributed by atoms with van der Waals surface area (Å²) in [6, 6.07) is 0. The van der Waals surface area contributed by atoms with E-state index in [1.165, 1.54) is 0 Å². The van der Waals surface area contributed by atoms with Crippen LogP contribution in [0.5, 0.6) is 0 Å². The summed E-state index contributed by atoms with van der Waals surface area (Å²) >= 11 is 0. The fraction of sp³-hybridized carbons (Fsp3) is 0.857. The molecule has 0 aromatic carbocycles. The molecule has 4 heteroatoms. The Bertz CT molecular complexity index is 193. The summed E-state index contributed by atoms with van der Waals surface area (Å²) in [5.41, 5.74) is 1.02.